The highest BCUT2D eigenvalue weighted by Crippen LogP contribution is 2.50. The van der Waals surface area contributed by atoms with Gasteiger partial charge in [-0.2, -0.15) is 0 Å². The molecule has 25 heavy (non-hydrogen) atoms. The molecule has 3 heterocycles. The van der Waals surface area contributed by atoms with E-state index in [1.54, 1.807) is 12.1 Å². The summed E-state index contributed by atoms with van der Waals surface area (Å²) in [4.78, 5) is 16.9. The Hall–Kier alpha value is -1.33. The van der Waals surface area contributed by atoms with Crippen LogP contribution < -0.4 is 10.6 Å². The minimum atomic E-state index is -0.303. The van der Waals surface area contributed by atoms with E-state index in [9.17, 15) is 4.79 Å². The summed E-state index contributed by atoms with van der Waals surface area (Å²) in [6.07, 6.45) is 2.15. The number of halogens is 3. The molecule has 2 N–H and O–H groups in total. The maximum Gasteiger partial charge on any atom is 0.272 e. The van der Waals surface area contributed by atoms with E-state index in [1.807, 2.05) is 30.3 Å². The van der Waals surface area contributed by atoms with Crippen LogP contribution >= 0.6 is 35.6 Å². The van der Waals surface area contributed by atoms with Crippen molar-refractivity contribution in [1.29, 1.82) is 0 Å². The van der Waals surface area contributed by atoms with Gasteiger partial charge in [0.25, 0.3) is 5.91 Å². The molecule has 2 aliphatic heterocycles. The summed E-state index contributed by atoms with van der Waals surface area (Å²) in [6, 6.07) is 13.1. The summed E-state index contributed by atoms with van der Waals surface area (Å²) in [5.74, 6) is 0.406. The van der Waals surface area contributed by atoms with Gasteiger partial charge in [0, 0.05) is 5.54 Å². The molecule has 0 radical (unpaired) electrons. The van der Waals surface area contributed by atoms with Crippen molar-refractivity contribution < 1.29 is 4.79 Å². The zero-order chi connectivity index (χ0) is 16.7. The Morgan fingerprint density at radius 2 is 1.92 bits per heavy atom. The minimum absolute atomic E-state index is 0. The Labute approximate surface area is 162 Å². The summed E-state index contributed by atoms with van der Waals surface area (Å²) in [5.41, 5.74) is 1.17. The van der Waals surface area contributed by atoms with E-state index >= 15 is 0 Å². The van der Waals surface area contributed by atoms with Gasteiger partial charge in [-0.25, -0.2) is 4.98 Å². The second-order valence-electron chi connectivity index (χ2n) is 6.59. The summed E-state index contributed by atoms with van der Waals surface area (Å²) in [6.45, 7) is 1.01. The number of fused-ring (bicyclic) bond motifs is 1. The van der Waals surface area contributed by atoms with Crippen molar-refractivity contribution in [2.75, 3.05) is 6.54 Å². The molecule has 4 nitrogen and oxygen atoms in total. The monoisotopic (exact) mass is 397 g/mol. The summed E-state index contributed by atoms with van der Waals surface area (Å²) < 4.78 is 0. The molecule has 1 aromatic carbocycles. The molecule has 7 heteroatoms. The van der Waals surface area contributed by atoms with Gasteiger partial charge in [-0.15, -0.1) is 12.4 Å². The molecule has 3 fully saturated rings. The molecule has 2 aromatic rings. The maximum absolute atomic E-state index is 12.8. The number of nitrogens with one attached hydrogen (secondary N) is 2. The van der Waals surface area contributed by atoms with E-state index in [0.717, 1.165) is 24.9 Å². The highest BCUT2D eigenvalue weighted by Gasteiger charge is 2.55. The lowest BCUT2D eigenvalue weighted by Crippen LogP contribution is -2.54. The standard InChI is InChI=1S/C18H17Cl2N3O.ClH/c19-13-6-7-14(20)22-15(13)17(24)23-16(12-4-2-1-3-5-12)18-8-11(9-18)10-21-18;/h1-7,11,16,21H,8-10H2,(H,23,24);1H. The number of aromatic nitrogens is 1. The quantitative estimate of drug-likeness (QED) is 0.764. The SMILES string of the molecule is Cl.O=C(NC(c1ccccc1)C12CC(CN1)C2)c1nc(Cl)ccc1Cl. The van der Waals surface area contributed by atoms with E-state index in [4.69, 9.17) is 23.2 Å². The van der Waals surface area contributed by atoms with Gasteiger partial charge in [0.05, 0.1) is 11.1 Å². The van der Waals surface area contributed by atoms with Gasteiger partial charge in [0.2, 0.25) is 0 Å². The van der Waals surface area contributed by atoms with Crippen molar-refractivity contribution in [3.05, 3.63) is 63.9 Å². The van der Waals surface area contributed by atoms with Crippen LogP contribution in [-0.2, 0) is 0 Å². The number of nitrogens with zero attached hydrogens (tertiary/aromatic N) is 1. The molecule has 2 saturated heterocycles. The number of hydrogen-bond donors (Lipinski definition) is 2. The van der Waals surface area contributed by atoms with Crippen LogP contribution in [0.1, 0.15) is 34.9 Å². The summed E-state index contributed by atoms with van der Waals surface area (Å²) >= 11 is 12.0. The Kier molecular flexibility index (Phi) is 5.26. The van der Waals surface area contributed by atoms with Gasteiger partial charge in [-0.05, 0) is 43.0 Å². The molecule has 2 bridgehead atoms. The predicted molar refractivity (Wildman–Crippen MR) is 102 cm³/mol. The van der Waals surface area contributed by atoms with E-state index in [2.05, 4.69) is 15.6 Å². The van der Waals surface area contributed by atoms with E-state index in [-0.39, 0.29) is 40.7 Å². The first-order valence-electron chi connectivity index (χ1n) is 8.00. The zero-order valence-electron chi connectivity index (χ0n) is 13.3. The molecule has 1 atom stereocenters. The van der Waals surface area contributed by atoms with Crippen molar-refractivity contribution in [1.82, 2.24) is 15.6 Å². The normalized spacial score (nSPS) is 24.8. The Bertz CT molecular complexity index is 773. The lowest BCUT2D eigenvalue weighted by Gasteiger charge is -2.44. The largest absolute Gasteiger partial charge is 0.342 e. The number of carbonyl (C=O) groups excluding carboxylic acids is 1. The van der Waals surface area contributed by atoms with E-state index in [1.165, 1.54) is 0 Å². The number of hydrogen-bond acceptors (Lipinski definition) is 3. The zero-order valence-corrected chi connectivity index (χ0v) is 15.7. The highest BCUT2D eigenvalue weighted by molar-refractivity contribution is 6.34. The second kappa shape index (κ2) is 7.12. The molecule has 5 rings (SSSR count). The van der Waals surface area contributed by atoms with Gasteiger partial charge in [-0.1, -0.05) is 53.5 Å². The average molecular weight is 399 g/mol. The molecule has 132 valence electrons. The van der Waals surface area contributed by atoms with Crippen molar-refractivity contribution in [3.8, 4) is 0 Å². The van der Waals surface area contributed by atoms with Crippen LogP contribution in [0.15, 0.2) is 42.5 Å². The van der Waals surface area contributed by atoms with E-state index in [0.29, 0.717) is 10.9 Å². The summed E-state index contributed by atoms with van der Waals surface area (Å²) in [5, 5.41) is 7.28. The first-order valence-corrected chi connectivity index (χ1v) is 8.76. The Balaban J connectivity index is 0.00000182. The van der Waals surface area contributed by atoms with Crippen LogP contribution in [0.2, 0.25) is 10.2 Å². The fourth-order valence-electron chi connectivity index (χ4n) is 3.91. The van der Waals surface area contributed by atoms with Crippen LogP contribution in [0, 0.1) is 5.92 Å². The number of pyridine rings is 1. The van der Waals surface area contributed by atoms with E-state index < -0.39 is 0 Å². The lowest BCUT2D eigenvalue weighted by atomic mass is 9.67. The highest BCUT2D eigenvalue weighted by atomic mass is 35.5. The van der Waals surface area contributed by atoms with Gasteiger partial charge in [0.15, 0.2) is 0 Å². The van der Waals surface area contributed by atoms with Crippen LogP contribution in [-0.4, -0.2) is 23.0 Å². The fraction of sp³-hybridized carbons (Fsp3) is 0.333. The Morgan fingerprint density at radius 3 is 2.56 bits per heavy atom. The number of amides is 1. The molecule has 3 aliphatic rings. The van der Waals surface area contributed by atoms with Crippen LogP contribution in [0.3, 0.4) is 0 Å². The first-order chi connectivity index (χ1) is 11.6. The minimum Gasteiger partial charge on any atom is -0.342 e. The molecule has 1 aromatic heterocycles. The molecule has 0 spiro atoms. The van der Waals surface area contributed by atoms with Gasteiger partial charge >= 0.3 is 0 Å². The topological polar surface area (TPSA) is 54.0 Å². The van der Waals surface area contributed by atoms with Crippen LogP contribution in [0.5, 0.6) is 0 Å². The number of rotatable bonds is 4. The van der Waals surface area contributed by atoms with Crippen molar-refractivity contribution >= 4 is 41.5 Å². The third-order valence-corrected chi connectivity index (χ3v) is 5.55. The second-order valence-corrected chi connectivity index (χ2v) is 7.39. The fourth-order valence-corrected chi connectivity index (χ4v) is 4.25. The molecule has 1 unspecified atom stereocenters. The third-order valence-electron chi connectivity index (χ3n) is 5.04. The van der Waals surface area contributed by atoms with Crippen molar-refractivity contribution in [2.24, 2.45) is 5.92 Å². The molecule has 1 amide bonds. The molecular weight excluding hydrogens is 381 g/mol. The summed E-state index contributed by atoms with van der Waals surface area (Å²) in [7, 11) is 0. The number of carbonyl (C=O) groups is 1. The van der Waals surface area contributed by atoms with Crippen LogP contribution in [0.4, 0.5) is 0 Å². The van der Waals surface area contributed by atoms with Crippen molar-refractivity contribution in [3.63, 3.8) is 0 Å². The Morgan fingerprint density at radius 1 is 1.20 bits per heavy atom. The average Bonchev–Trinajstić information content (AvgIpc) is 3.17. The number of benzene rings is 1. The smallest absolute Gasteiger partial charge is 0.272 e. The maximum atomic E-state index is 12.8. The van der Waals surface area contributed by atoms with Gasteiger partial charge < -0.3 is 10.6 Å². The molecular formula is C18H18Cl3N3O. The van der Waals surface area contributed by atoms with Gasteiger partial charge in [0.1, 0.15) is 10.8 Å². The lowest BCUT2D eigenvalue weighted by molar-refractivity contribution is 0.0858. The van der Waals surface area contributed by atoms with Gasteiger partial charge in [-0.3, -0.25) is 4.79 Å². The predicted octanol–water partition coefficient (Wildman–Crippen LogP) is 4.03. The van der Waals surface area contributed by atoms with Crippen molar-refractivity contribution in [2.45, 2.75) is 24.4 Å². The first kappa shape index (κ1) is 18.5. The molecule has 1 saturated carbocycles. The third kappa shape index (κ3) is 3.36. The van der Waals surface area contributed by atoms with Crippen LogP contribution in [0.25, 0.3) is 0 Å². The molecule has 1 aliphatic carbocycles.